The Labute approximate surface area is 133 Å². The van der Waals surface area contributed by atoms with E-state index in [0.717, 1.165) is 0 Å². The number of para-hydroxylation sites is 1. The zero-order valence-corrected chi connectivity index (χ0v) is 13.2. The molecule has 2 rings (SSSR count). The van der Waals surface area contributed by atoms with Crippen LogP contribution in [0.2, 0.25) is 10.0 Å². The number of rotatable bonds is 3. The highest BCUT2D eigenvalue weighted by atomic mass is 35.5. The van der Waals surface area contributed by atoms with E-state index in [-0.39, 0.29) is 5.91 Å². The van der Waals surface area contributed by atoms with Gasteiger partial charge >= 0.3 is 0 Å². The van der Waals surface area contributed by atoms with Gasteiger partial charge < -0.3 is 16.0 Å². The summed E-state index contributed by atoms with van der Waals surface area (Å²) >= 11 is 12.2. The first-order valence-electron chi connectivity index (χ1n) is 6.22. The van der Waals surface area contributed by atoms with Crippen molar-refractivity contribution >= 4 is 46.2 Å². The number of anilines is 3. The second-order valence-corrected chi connectivity index (χ2v) is 5.54. The van der Waals surface area contributed by atoms with Crippen LogP contribution in [-0.2, 0) is 0 Å². The minimum Gasteiger partial charge on any atom is -0.397 e. The largest absolute Gasteiger partial charge is 0.397 e. The van der Waals surface area contributed by atoms with E-state index >= 15 is 0 Å². The maximum Gasteiger partial charge on any atom is 0.253 e. The number of nitrogens with zero attached hydrogens (tertiary/aromatic N) is 1. The van der Waals surface area contributed by atoms with Gasteiger partial charge in [-0.05, 0) is 30.3 Å². The van der Waals surface area contributed by atoms with Gasteiger partial charge in [0.15, 0.2) is 0 Å². The predicted octanol–water partition coefficient (Wildman–Crippen LogP) is 4.02. The van der Waals surface area contributed by atoms with Gasteiger partial charge in [-0.25, -0.2) is 0 Å². The van der Waals surface area contributed by atoms with Gasteiger partial charge in [-0.15, -0.1) is 0 Å². The third-order valence-corrected chi connectivity index (χ3v) is 3.56. The van der Waals surface area contributed by atoms with E-state index < -0.39 is 0 Å². The van der Waals surface area contributed by atoms with Crippen LogP contribution in [0.1, 0.15) is 10.4 Å². The molecule has 0 heterocycles. The van der Waals surface area contributed by atoms with Crippen LogP contribution in [0.4, 0.5) is 17.1 Å². The second kappa shape index (κ2) is 6.24. The van der Waals surface area contributed by atoms with Gasteiger partial charge in [0.25, 0.3) is 5.91 Å². The molecule has 0 aromatic heterocycles. The van der Waals surface area contributed by atoms with Gasteiger partial charge in [0.2, 0.25) is 0 Å². The fourth-order valence-corrected chi connectivity index (χ4v) is 2.31. The maximum absolute atomic E-state index is 11.9. The molecule has 110 valence electrons. The van der Waals surface area contributed by atoms with E-state index in [2.05, 4.69) is 5.32 Å². The topological polar surface area (TPSA) is 58.4 Å². The Balaban J connectivity index is 2.32. The average molecular weight is 324 g/mol. The van der Waals surface area contributed by atoms with E-state index in [1.807, 2.05) is 0 Å². The maximum atomic E-state index is 11.9. The van der Waals surface area contributed by atoms with Crippen molar-refractivity contribution in [2.75, 3.05) is 25.1 Å². The summed E-state index contributed by atoms with van der Waals surface area (Å²) in [4.78, 5) is 13.4. The summed E-state index contributed by atoms with van der Waals surface area (Å²) in [6, 6.07) is 10.3. The van der Waals surface area contributed by atoms with E-state index in [9.17, 15) is 4.79 Å². The lowest BCUT2D eigenvalue weighted by atomic mass is 10.1. The summed E-state index contributed by atoms with van der Waals surface area (Å²) in [6.45, 7) is 0. The molecule has 0 fully saturated rings. The first kappa shape index (κ1) is 15.5. The van der Waals surface area contributed by atoms with Crippen LogP contribution in [0.15, 0.2) is 36.4 Å². The van der Waals surface area contributed by atoms with Crippen LogP contribution in [0.3, 0.4) is 0 Å². The third kappa shape index (κ3) is 3.40. The number of carbonyl (C=O) groups is 1. The molecule has 1 amide bonds. The molecule has 0 aliphatic rings. The number of hydrogen-bond acceptors (Lipinski definition) is 3. The lowest BCUT2D eigenvalue weighted by Gasteiger charge is -2.15. The van der Waals surface area contributed by atoms with E-state index in [0.29, 0.717) is 32.7 Å². The highest BCUT2D eigenvalue weighted by Crippen LogP contribution is 2.34. The number of hydrogen-bond donors (Lipinski definition) is 2. The van der Waals surface area contributed by atoms with Crippen molar-refractivity contribution in [3.8, 4) is 0 Å². The Bertz CT molecular complexity index is 666. The molecule has 0 saturated carbocycles. The molecule has 0 saturated heterocycles. The number of halogens is 2. The molecule has 6 heteroatoms. The molecule has 0 aliphatic heterocycles. The zero-order valence-electron chi connectivity index (χ0n) is 11.7. The van der Waals surface area contributed by atoms with Crippen molar-refractivity contribution in [1.29, 1.82) is 0 Å². The molecule has 2 aromatic rings. The van der Waals surface area contributed by atoms with Crippen molar-refractivity contribution in [3.63, 3.8) is 0 Å². The van der Waals surface area contributed by atoms with Crippen LogP contribution in [-0.4, -0.2) is 24.9 Å². The van der Waals surface area contributed by atoms with Crippen LogP contribution in [0.5, 0.6) is 0 Å². The number of amides is 1. The summed E-state index contributed by atoms with van der Waals surface area (Å²) < 4.78 is 0. The molecular formula is C15H15Cl2N3O. The van der Waals surface area contributed by atoms with Crippen LogP contribution < -0.4 is 11.1 Å². The van der Waals surface area contributed by atoms with Crippen molar-refractivity contribution in [2.24, 2.45) is 0 Å². The molecular weight excluding hydrogens is 309 g/mol. The first-order chi connectivity index (χ1) is 9.90. The Morgan fingerprint density at radius 3 is 2.29 bits per heavy atom. The van der Waals surface area contributed by atoms with Gasteiger partial charge in [0, 0.05) is 19.7 Å². The van der Waals surface area contributed by atoms with E-state index in [4.69, 9.17) is 28.9 Å². The van der Waals surface area contributed by atoms with Gasteiger partial charge in [-0.3, -0.25) is 4.79 Å². The highest BCUT2D eigenvalue weighted by molar-refractivity contribution is 6.39. The summed E-state index contributed by atoms with van der Waals surface area (Å²) in [5.41, 5.74) is 8.17. The third-order valence-electron chi connectivity index (χ3n) is 2.93. The van der Waals surface area contributed by atoms with Crippen molar-refractivity contribution < 1.29 is 4.79 Å². The quantitative estimate of drug-likeness (QED) is 0.838. The molecule has 4 nitrogen and oxygen atoms in total. The molecule has 0 unspecified atom stereocenters. The fourth-order valence-electron chi connectivity index (χ4n) is 1.82. The molecule has 0 radical (unpaired) electrons. The van der Waals surface area contributed by atoms with Crippen LogP contribution in [0.25, 0.3) is 0 Å². The minimum atomic E-state index is -0.107. The van der Waals surface area contributed by atoms with Crippen molar-refractivity contribution in [2.45, 2.75) is 0 Å². The van der Waals surface area contributed by atoms with Gasteiger partial charge in [0.1, 0.15) is 0 Å². The van der Waals surface area contributed by atoms with E-state index in [1.54, 1.807) is 50.5 Å². The molecule has 0 spiro atoms. The Kier molecular flexibility index (Phi) is 4.60. The smallest absolute Gasteiger partial charge is 0.253 e. The number of carbonyl (C=O) groups excluding carboxylic acids is 1. The molecule has 0 aliphatic carbocycles. The number of benzene rings is 2. The van der Waals surface area contributed by atoms with Gasteiger partial charge in [-0.1, -0.05) is 29.3 Å². The normalized spacial score (nSPS) is 10.3. The minimum absolute atomic E-state index is 0.107. The standard InChI is InChI=1S/C15H15Cl2N3O/c1-20(2)15(21)9-6-7-13(12(18)8-9)19-14-10(16)4-3-5-11(14)17/h3-8,19H,18H2,1-2H3. The molecule has 2 aromatic carbocycles. The Morgan fingerprint density at radius 1 is 1.14 bits per heavy atom. The summed E-state index contributed by atoms with van der Waals surface area (Å²) in [7, 11) is 3.38. The first-order valence-corrected chi connectivity index (χ1v) is 6.98. The van der Waals surface area contributed by atoms with Crippen molar-refractivity contribution in [3.05, 3.63) is 52.0 Å². The summed E-state index contributed by atoms with van der Waals surface area (Å²) in [5, 5.41) is 4.08. The monoisotopic (exact) mass is 323 g/mol. The van der Waals surface area contributed by atoms with Gasteiger partial charge in [-0.2, -0.15) is 0 Å². The number of nitrogens with two attached hydrogens (primary N) is 1. The van der Waals surface area contributed by atoms with E-state index in [1.165, 1.54) is 4.90 Å². The predicted molar refractivity (Wildman–Crippen MR) is 88.6 cm³/mol. The average Bonchev–Trinajstić information content (AvgIpc) is 2.43. The Morgan fingerprint density at radius 2 is 1.76 bits per heavy atom. The zero-order chi connectivity index (χ0) is 15.6. The fraction of sp³-hybridized carbons (Fsp3) is 0.133. The van der Waals surface area contributed by atoms with Crippen LogP contribution >= 0.6 is 23.2 Å². The summed E-state index contributed by atoms with van der Waals surface area (Å²) in [5.74, 6) is -0.107. The second-order valence-electron chi connectivity index (χ2n) is 4.72. The number of nitrogen functional groups attached to an aromatic ring is 1. The lowest BCUT2D eigenvalue weighted by molar-refractivity contribution is 0.0827. The Hall–Kier alpha value is -1.91. The summed E-state index contributed by atoms with van der Waals surface area (Å²) in [6.07, 6.45) is 0. The SMILES string of the molecule is CN(C)C(=O)c1ccc(Nc2c(Cl)cccc2Cl)c(N)c1. The lowest BCUT2D eigenvalue weighted by Crippen LogP contribution is -2.21. The molecule has 0 atom stereocenters. The van der Waals surface area contributed by atoms with Gasteiger partial charge in [0.05, 0.1) is 27.1 Å². The van der Waals surface area contributed by atoms with Crippen molar-refractivity contribution in [1.82, 2.24) is 4.90 Å². The molecule has 21 heavy (non-hydrogen) atoms. The molecule has 0 bridgehead atoms. The molecule has 3 N–H and O–H groups in total. The van der Waals surface area contributed by atoms with Crippen LogP contribution in [0, 0.1) is 0 Å². The number of nitrogens with one attached hydrogen (secondary N) is 1. The highest BCUT2D eigenvalue weighted by Gasteiger charge is 2.12.